The third kappa shape index (κ3) is 7.74. The number of aliphatic carboxylic acids is 1. The quantitative estimate of drug-likeness (QED) is 0.652. The molecule has 17 heavy (non-hydrogen) atoms. The van der Waals surface area contributed by atoms with Crippen LogP contribution in [0.25, 0.3) is 0 Å². The number of nitrogens with two attached hydrogens (primary N) is 1. The van der Waals surface area contributed by atoms with Gasteiger partial charge in [0.1, 0.15) is 6.04 Å². The van der Waals surface area contributed by atoms with E-state index in [2.05, 4.69) is 26.1 Å². The Labute approximate surface area is 103 Å². The molecule has 0 fully saturated rings. The van der Waals surface area contributed by atoms with Gasteiger partial charge in [-0.3, -0.25) is 4.79 Å². The summed E-state index contributed by atoms with van der Waals surface area (Å²) >= 11 is 0. The molecule has 0 rings (SSSR count). The molecule has 0 bridgehead atoms. The maximum Gasteiger partial charge on any atom is 0.326 e. The van der Waals surface area contributed by atoms with Gasteiger partial charge in [-0.15, -0.1) is 0 Å². The Morgan fingerprint density at radius 2 is 1.88 bits per heavy atom. The lowest BCUT2D eigenvalue weighted by atomic mass is 9.87. The summed E-state index contributed by atoms with van der Waals surface area (Å²) in [6.45, 7) is 7.87. The number of hydrogen-bond donors (Lipinski definition) is 3. The second-order valence-corrected chi connectivity index (χ2v) is 5.60. The lowest BCUT2D eigenvalue weighted by Crippen LogP contribution is -2.42. The lowest BCUT2D eigenvalue weighted by molar-refractivity contribution is -0.142. The van der Waals surface area contributed by atoms with Crippen molar-refractivity contribution in [1.29, 1.82) is 0 Å². The number of carbonyl (C=O) groups excluding carboxylic acids is 1. The smallest absolute Gasteiger partial charge is 0.326 e. The van der Waals surface area contributed by atoms with Crippen molar-refractivity contribution in [2.24, 2.45) is 11.1 Å². The van der Waals surface area contributed by atoms with Gasteiger partial charge in [0, 0.05) is 12.5 Å². The van der Waals surface area contributed by atoms with E-state index in [1.54, 1.807) is 6.92 Å². The van der Waals surface area contributed by atoms with Gasteiger partial charge in [-0.2, -0.15) is 0 Å². The van der Waals surface area contributed by atoms with E-state index in [9.17, 15) is 9.59 Å². The summed E-state index contributed by atoms with van der Waals surface area (Å²) in [5, 5.41) is 11.3. The van der Waals surface area contributed by atoms with E-state index in [-0.39, 0.29) is 23.8 Å². The Bertz CT molecular complexity index is 271. The van der Waals surface area contributed by atoms with Gasteiger partial charge in [-0.25, -0.2) is 4.79 Å². The van der Waals surface area contributed by atoms with Gasteiger partial charge in [-0.05, 0) is 18.3 Å². The largest absolute Gasteiger partial charge is 0.480 e. The zero-order valence-electron chi connectivity index (χ0n) is 11.1. The Kier molecular flexibility index (Phi) is 6.16. The lowest BCUT2D eigenvalue weighted by Gasteiger charge is -2.23. The molecular formula is C12H24N2O3. The SMILES string of the molecule is CC[C@@H](NC(=O)CC(N)CC(C)(C)C)C(=O)O. The van der Waals surface area contributed by atoms with Crippen LogP contribution in [0.1, 0.15) is 47.0 Å². The summed E-state index contributed by atoms with van der Waals surface area (Å²) < 4.78 is 0. The Balaban J connectivity index is 4.13. The second kappa shape index (κ2) is 6.59. The highest BCUT2D eigenvalue weighted by Gasteiger charge is 2.21. The first kappa shape index (κ1) is 15.9. The molecule has 0 aromatic heterocycles. The average molecular weight is 244 g/mol. The van der Waals surface area contributed by atoms with Gasteiger partial charge in [0.25, 0.3) is 0 Å². The van der Waals surface area contributed by atoms with E-state index in [1.165, 1.54) is 0 Å². The molecule has 1 amide bonds. The Morgan fingerprint density at radius 3 is 2.24 bits per heavy atom. The molecular weight excluding hydrogens is 220 g/mol. The highest BCUT2D eigenvalue weighted by Crippen LogP contribution is 2.20. The first-order chi connectivity index (χ1) is 7.65. The van der Waals surface area contributed by atoms with Crippen LogP contribution >= 0.6 is 0 Å². The molecule has 5 nitrogen and oxygen atoms in total. The van der Waals surface area contributed by atoms with Crippen molar-refractivity contribution in [3.05, 3.63) is 0 Å². The predicted molar refractivity (Wildman–Crippen MR) is 66.5 cm³/mol. The molecule has 0 heterocycles. The van der Waals surface area contributed by atoms with Crippen molar-refractivity contribution >= 4 is 11.9 Å². The molecule has 2 atom stereocenters. The van der Waals surface area contributed by atoms with E-state index >= 15 is 0 Å². The maximum absolute atomic E-state index is 11.6. The van der Waals surface area contributed by atoms with Crippen molar-refractivity contribution in [3.63, 3.8) is 0 Å². The van der Waals surface area contributed by atoms with Crippen molar-refractivity contribution in [3.8, 4) is 0 Å². The molecule has 0 aromatic rings. The number of amides is 1. The Morgan fingerprint density at radius 1 is 1.35 bits per heavy atom. The van der Waals surface area contributed by atoms with Crippen LogP contribution in [0.5, 0.6) is 0 Å². The standard InChI is InChI=1S/C12H24N2O3/c1-5-9(11(16)17)14-10(15)6-8(13)7-12(2,3)4/h8-9H,5-7,13H2,1-4H3,(H,14,15)(H,16,17)/t8?,9-/m1/s1. The van der Waals surface area contributed by atoms with E-state index in [4.69, 9.17) is 10.8 Å². The van der Waals surface area contributed by atoms with Crippen LogP contribution in [0.4, 0.5) is 0 Å². The molecule has 100 valence electrons. The molecule has 0 spiro atoms. The van der Waals surface area contributed by atoms with Crippen LogP contribution in [0, 0.1) is 5.41 Å². The first-order valence-electron chi connectivity index (χ1n) is 5.93. The van der Waals surface area contributed by atoms with E-state index < -0.39 is 12.0 Å². The number of carboxylic acids is 1. The number of carbonyl (C=O) groups is 2. The molecule has 0 aliphatic rings. The van der Waals surface area contributed by atoms with Crippen molar-refractivity contribution in [2.45, 2.75) is 59.0 Å². The van der Waals surface area contributed by atoms with E-state index in [0.29, 0.717) is 6.42 Å². The van der Waals surface area contributed by atoms with Crippen molar-refractivity contribution in [2.75, 3.05) is 0 Å². The highest BCUT2D eigenvalue weighted by atomic mass is 16.4. The second-order valence-electron chi connectivity index (χ2n) is 5.60. The molecule has 4 N–H and O–H groups in total. The highest BCUT2D eigenvalue weighted by molar-refractivity contribution is 5.83. The average Bonchev–Trinajstić information content (AvgIpc) is 2.09. The fraction of sp³-hybridized carbons (Fsp3) is 0.833. The van der Waals surface area contributed by atoms with Crippen LogP contribution in [0.15, 0.2) is 0 Å². The monoisotopic (exact) mass is 244 g/mol. The summed E-state index contributed by atoms with van der Waals surface area (Å²) in [4.78, 5) is 22.3. The Hall–Kier alpha value is -1.10. The van der Waals surface area contributed by atoms with E-state index in [1.807, 2.05) is 0 Å². The topological polar surface area (TPSA) is 92.4 Å². The van der Waals surface area contributed by atoms with E-state index in [0.717, 1.165) is 6.42 Å². The van der Waals surface area contributed by atoms with Crippen LogP contribution in [-0.2, 0) is 9.59 Å². The third-order valence-electron chi connectivity index (χ3n) is 2.36. The number of carboxylic acid groups (broad SMARTS) is 1. The van der Waals surface area contributed by atoms with Gasteiger partial charge < -0.3 is 16.2 Å². The summed E-state index contributed by atoms with van der Waals surface area (Å²) in [5.74, 6) is -1.30. The number of hydrogen-bond acceptors (Lipinski definition) is 3. The van der Waals surface area contributed by atoms with Gasteiger partial charge in [0.05, 0.1) is 0 Å². The minimum absolute atomic E-state index is 0.0661. The van der Waals surface area contributed by atoms with Gasteiger partial charge in [0.2, 0.25) is 5.91 Å². The molecule has 0 radical (unpaired) electrons. The van der Waals surface area contributed by atoms with Crippen molar-refractivity contribution in [1.82, 2.24) is 5.32 Å². The number of rotatable bonds is 6. The molecule has 0 aliphatic heterocycles. The van der Waals surface area contributed by atoms with Gasteiger partial charge in [-0.1, -0.05) is 27.7 Å². The number of nitrogens with one attached hydrogen (secondary N) is 1. The minimum Gasteiger partial charge on any atom is -0.480 e. The normalized spacial score (nSPS) is 15.1. The molecule has 0 saturated carbocycles. The molecule has 5 heteroatoms. The first-order valence-corrected chi connectivity index (χ1v) is 5.93. The third-order valence-corrected chi connectivity index (χ3v) is 2.36. The zero-order chi connectivity index (χ0) is 13.6. The fourth-order valence-corrected chi connectivity index (χ4v) is 1.69. The van der Waals surface area contributed by atoms with Crippen molar-refractivity contribution < 1.29 is 14.7 Å². The molecule has 0 aromatic carbocycles. The van der Waals surface area contributed by atoms with Gasteiger partial charge >= 0.3 is 5.97 Å². The minimum atomic E-state index is -1.01. The zero-order valence-corrected chi connectivity index (χ0v) is 11.1. The molecule has 0 saturated heterocycles. The van der Waals surface area contributed by atoms with Gasteiger partial charge in [0.15, 0.2) is 0 Å². The van der Waals surface area contributed by atoms with Crippen LogP contribution in [-0.4, -0.2) is 29.1 Å². The van der Waals surface area contributed by atoms with Crippen LogP contribution in [0.2, 0.25) is 0 Å². The maximum atomic E-state index is 11.6. The van der Waals surface area contributed by atoms with Crippen LogP contribution < -0.4 is 11.1 Å². The van der Waals surface area contributed by atoms with Crippen LogP contribution in [0.3, 0.4) is 0 Å². The predicted octanol–water partition coefficient (Wildman–Crippen LogP) is 1.12. The summed E-state index contributed by atoms with van der Waals surface area (Å²) in [6.07, 6.45) is 1.26. The summed E-state index contributed by atoms with van der Waals surface area (Å²) in [5.41, 5.74) is 5.91. The summed E-state index contributed by atoms with van der Waals surface area (Å²) in [6, 6.07) is -1.05. The molecule has 1 unspecified atom stereocenters. The summed E-state index contributed by atoms with van der Waals surface area (Å²) in [7, 11) is 0. The fourth-order valence-electron chi connectivity index (χ4n) is 1.69. The molecule has 0 aliphatic carbocycles.